The van der Waals surface area contributed by atoms with Crippen LogP contribution in [0.2, 0.25) is 0 Å². The summed E-state index contributed by atoms with van der Waals surface area (Å²) in [6.07, 6.45) is 1.64. The zero-order valence-electron chi connectivity index (χ0n) is 15.1. The molecule has 27 heavy (non-hydrogen) atoms. The molecule has 0 bridgehead atoms. The Kier molecular flexibility index (Phi) is 5.94. The SMILES string of the molecule is COc1ccc(OCCOC(=O)c2nn(-c3ccccc3)cc2OC)cc1. The summed E-state index contributed by atoms with van der Waals surface area (Å²) in [6, 6.07) is 16.6. The van der Waals surface area contributed by atoms with Gasteiger partial charge in [0.1, 0.15) is 24.7 Å². The van der Waals surface area contributed by atoms with Crippen LogP contribution in [0, 0.1) is 0 Å². The molecule has 0 radical (unpaired) electrons. The van der Waals surface area contributed by atoms with Gasteiger partial charge in [0.25, 0.3) is 0 Å². The Balaban J connectivity index is 1.56. The summed E-state index contributed by atoms with van der Waals surface area (Å²) >= 11 is 0. The Morgan fingerprint density at radius 2 is 1.63 bits per heavy atom. The third-order valence-electron chi connectivity index (χ3n) is 3.76. The van der Waals surface area contributed by atoms with Gasteiger partial charge in [-0.05, 0) is 36.4 Å². The highest BCUT2D eigenvalue weighted by Gasteiger charge is 2.19. The normalized spacial score (nSPS) is 10.3. The minimum absolute atomic E-state index is 0.0895. The van der Waals surface area contributed by atoms with E-state index in [2.05, 4.69) is 5.10 Å². The number of hydrogen-bond acceptors (Lipinski definition) is 6. The van der Waals surface area contributed by atoms with Crippen LogP contribution in [-0.4, -0.2) is 43.2 Å². The van der Waals surface area contributed by atoms with Gasteiger partial charge in [-0.1, -0.05) is 18.2 Å². The van der Waals surface area contributed by atoms with Gasteiger partial charge < -0.3 is 18.9 Å². The maximum Gasteiger partial charge on any atom is 0.362 e. The number of carbonyl (C=O) groups is 1. The molecule has 0 N–H and O–H groups in total. The van der Waals surface area contributed by atoms with E-state index in [1.807, 2.05) is 30.3 Å². The maximum absolute atomic E-state index is 12.3. The highest BCUT2D eigenvalue weighted by atomic mass is 16.6. The van der Waals surface area contributed by atoms with Crippen molar-refractivity contribution in [2.75, 3.05) is 27.4 Å². The van der Waals surface area contributed by atoms with Crippen LogP contribution >= 0.6 is 0 Å². The molecule has 0 saturated carbocycles. The first-order valence-electron chi connectivity index (χ1n) is 8.34. The summed E-state index contributed by atoms with van der Waals surface area (Å²) < 4.78 is 22.7. The Morgan fingerprint density at radius 1 is 0.926 bits per heavy atom. The van der Waals surface area contributed by atoms with Gasteiger partial charge in [-0.25, -0.2) is 9.48 Å². The summed E-state index contributed by atoms with van der Waals surface area (Å²) in [5, 5.41) is 4.27. The van der Waals surface area contributed by atoms with Crippen molar-refractivity contribution in [2.24, 2.45) is 0 Å². The average molecular weight is 368 g/mol. The summed E-state index contributed by atoms with van der Waals surface area (Å²) in [4.78, 5) is 12.3. The lowest BCUT2D eigenvalue weighted by Gasteiger charge is -2.07. The zero-order valence-corrected chi connectivity index (χ0v) is 15.1. The van der Waals surface area contributed by atoms with Crippen LogP contribution in [0.4, 0.5) is 0 Å². The van der Waals surface area contributed by atoms with Crippen molar-refractivity contribution in [3.8, 4) is 22.9 Å². The molecule has 0 spiro atoms. The number of rotatable bonds is 8. The molecular formula is C20H20N2O5. The van der Waals surface area contributed by atoms with E-state index in [-0.39, 0.29) is 18.9 Å². The van der Waals surface area contributed by atoms with Crippen LogP contribution in [-0.2, 0) is 4.74 Å². The van der Waals surface area contributed by atoms with Gasteiger partial charge in [-0.2, -0.15) is 5.10 Å². The Hall–Kier alpha value is -3.48. The van der Waals surface area contributed by atoms with Gasteiger partial charge in [-0.3, -0.25) is 0 Å². The third-order valence-corrected chi connectivity index (χ3v) is 3.76. The topological polar surface area (TPSA) is 71.8 Å². The van der Waals surface area contributed by atoms with E-state index < -0.39 is 5.97 Å². The number of ether oxygens (including phenoxy) is 4. The van der Waals surface area contributed by atoms with Crippen LogP contribution in [0.1, 0.15) is 10.5 Å². The largest absolute Gasteiger partial charge is 0.497 e. The predicted octanol–water partition coefficient (Wildman–Crippen LogP) is 3.13. The number of esters is 1. The lowest BCUT2D eigenvalue weighted by atomic mass is 10.3. The van der Waals surface area contributed by atoms with Crippen molar-refractivity contribution in [3.63, 3.8) is 0 Å². The highest BCUT2D eigenvalue weighted by Crippen LogP contribution is 2.20. The first-order chi connectivity index (χ1) is 13.2. The predicted molar refractivity (Wildman–Crippen MR) is 98.9 cm³/mol. The molecule has 0 amide bonds. The second kappa shape index (κ2) is 8.75. The van der Waals surface area contributed by atoms with Crippen molar-refractivity contribution in [1.82, 2.24) is 9.78 Å². The summed E-state index contributed by atoms with van der Waals surface area (Å²) in [5.74, 6) is 1.19. The van der Waals surface area contributed by atoms with E-state index in [0.717, 1.165) is 11.4 Å². The number of para-hydroxylation sites is 1. The van der Waals surface area contributed by atoms with E-state index in [1.54, 1.807) is 42.3 Å². The average Bonchev–Trinajstić information content (AvgIpc) is 3.17. The quantitative estimate of drug-likeness (QED) is 0.449. The molecule has 0 aliphatic heterocycles. The Morgan fingerprint density at radius 3 is 2.30 bits per heavy atom. The fourth-order valence-corrected chi connectivity index (χ4v) is 2.40. The number of hydrogen-bond donors (Lipinski definition) is 0. The summed E-state index contributed by atoms with van der Waals surface area (Å²) in [7, 11) is 3.08. The van der Waals surface area contributed by atoms with Gasteiger partial charge >= 0.3 is 5.97 Å². The van der Waals surface area contributed by atoms with Crippen molar-refractivity contribution in [1.29, 1.82) is 0 Å². The third kappa shape index (κ3) is 4.58. The van der Waals surface area contributed by atoms with Gasteiger partial charge in [0, 0.05) is 0 Å². The van der Waals surface area contributed by atoms with E-state index in [4.69, 9.17) is 18.9 Å². The van der Waals surface area contributed by atoms with Crippen molar-refractivity contribution >= 4 is 5.97 Å². The van der Waals surface area contributed by atoms with Gasteiger partial charge in [0.15, 0.2) is 5.75 Å². The summed E-state index contributed by atoms with van der Waals surface area (Å²) in [6.45, 7) is 0.311. The molecule has 2 aromatic carbocycles. The van der Waals surface area contributed by atoms with Crippen molar-refractivity contribution in [2.45, 2.75) is 0 Å². The number of benzene rings is 2. The second-order valence-electron chi connectivity index (χ2n) is 5.49. The zero-order chi connectivity index (χ0) is 19.1. The molecule has 3 rings (SSSR count). The van der Waals surface area contributed by atoms with Gasteiger partial charge in [0.2, 0.25) is 5.69 Å². The van der Waals surface area contributed by atoms with Crippen LogP contribution in [0.5, 0.6) is 17.2 Å². The van der Waals surface area contributed by atoms with Crippen molar-refractivity contribution < 1.29 is 23.7 Å². The van der Waals surface area contributed by atoms with Crippen LogP contribution < -0.4 is 14.2 Å². The molecular weight excluding hydrogens is 348 g/mol. The first kappa shape index (κ1) is 18.3. The molecule has 1 heterocycles. The lowest BCUT2D eigenvalue weighted by Crippen LogP contribution is -2.14. The monoisotopic (exact) mass is 368 g/mol. The van der Waals surface area contributed by atoms with Crippen LogP contribution in [0.25, 0.3) is 5.69 Å². The van der Waals surface area contributed by atoms with Crippen LogP contribution in [0.3, 0.4) is 0 Å². The Labute approximate surface area is 157 Å². The molecule has 1 aromatic heterocycles. The number of nitrogens with zero attached hydrogens (tertiary/aromatic N) is 2. The standard InChI is InChI=1S/C20H20N2O5/c1-24-16-8-10-17(11-9-16)26-12-13-27-20(23)19-18(25-2)14-22(21-19)15-6-4-3-5-7-15/h3-11,14H,12-13H2,1-2H3. The molecule has 0 atom stereocenters. The molecule has 0 fully saturated rings. The minimum Gasteiger partial charge on any atom is -0.497 e. The molecule has 0 aliphatic carbocycles. The Bertz CT molecular complexity index is 875. The molecule has 0 saturated heterocycles. The smallest absolute Gasteiger partial charge is 0.362 e. The van der Waals surface area contributed by atoms with E-state index >= 15 is 0 Å². The van der Waals surface area contributed by atoms with Gasteiger partial charge in [0.05, 0.1) is 26.1 Å². The maximum atomic E-state index is 12.3. The molecule has 7 nitrogen and oxygen atoms in total. The second-order valence-corrected chi connectivity index (χ2v) is 5.49. The molecule has 140 valence electrons. The lowest BCUT2D eigenvalue weighted by molar-refractivity contribution is 0.0439. The highest BCUT2D eigenvalue weighted by molar-refractivity contribution is 5.90. The number of aromatic nitrogens is 2. The molecule has 3 aromatic rings. The fraction of sp³-hybridized carbons (Fsp3) is 0.200. The summed E-state index contributed by atoms with van der Waals surface area (Å²) in [5.41, 5.74) is 0.934. The van der Waals surface area contributed by atoms with E-state index in [1.165, 1.54) is 7.11 Å². The molecule has 0 unspecified atom stereocenters. The fourth-order valence-electron chi connectivity index (χ4n) is 2.40. The van der Waals surface area contributed by atoms with Gasteiger partial charge in [-0.15, -0.1) is 0 Å². The first-order valence-corrected chi connectivity index (χ1v) is 8.34. The molecule has 0 aliphatic rings. The van der Waals surface area contributed by atoms with Crippen LogP contribution in [0.15, 0.2) is 60.8 Å². The van der Waals surface area contributed by atoms with E-state index in [0.29, 0.717) is 11.5 Å². The van der Waals surface area contributed by atoms with Crippen molar-refractivity contribution in [3.05, 3.63) is 66.5 Å². The minimum atomic E-state index is -0.570. The number of carbonyl (C=O) groups excluding carboxylic acids is 1. The molecule has 7 heteroatoms. The van der Waals surface area contributed by atoms with E-state index in [9.17, 15) is 4.79 Å². The number of methoxy groups -OCH3 is 2.